The number of aromatic nitrogens is 1. The van der Waals surface area contributed by atoms with Gasteiger partial charge in [-0.2, -0.15) is 0 Å². The van der Waals surface area contributed by atoms with Crippen molar-refractivity contribution in [1.82, 2.24) is 4.98 Å². The Bertz CT molecular complexity index is 606. The molecule has 106 valence electrons. The minimum Gasteiger partial charge on any atom is -0.356 e. The number of nitrogens with zero attached hydrogens (tertiary/aromatic N) is 2. The summed E-state index contributed by atoms with van der Waals surface area (Å²) in [5.41, 5.74) is 8.38. The normalized spacial score (nSPS) is 20.6. The van der Waals surface area contributed by atoms with Gasteiger partial charge in [0.1, 0.15) is 5.82 Å². The molecule has 1 aliphatic heterocycles. The molecule has 3 nitrogen and oxygen atoms in total. The van der Waals surface area contributed by atoms with Crippen LogP contribution in [0, 0.1) is 5.92 Å². The molecule has 1 aromatic heterocycles. The van der Waals surface area contributed by atoms with E-state index in [1.54, 1.807) is 0 Å². The summed E-state index contributed by atoms with van der Waals surface area (Å²) in [4.78, 5) is 7.34. The molecule has 1 fully saturated rings. The molecule has 2 atom stereocenters. The maximum absolute atomic E-state index is 6.02. The van der Waals surface area contributed by atoms with Gasteiger partial charge < -0.3 is 10.6 Å². The molecule has 1 aromatic carbocycles. The van der Waals surface area contributed by atoms with E-state index in [0.29, 0.717) is 0 Å². The van der Waals surface area contributed by atoms with Crippen LogP contribution in [0.5, 0.6) is 0 Å². The highest BCUT2D eigenvalue weighted by atomic mass is 15.2. The van der Waals surface area contributed by atoms with Gasteiger partial charge in [0.2, 0.25) is 0 Å². The second kappa shape index (κ2) is 5.41. The standard InChI is InChI=1S/C17H23N3/c1-12-7-8-20(11-12)17-15(9-13(2)18)10-14-5-3-4-6-16(14)19-17/h3-6,10,12-13H,7-9,11,18H2,1-2H3. The van der Waals surface area contributed by atoms with Crippen LogP contribution >= 0.6 is 0 Å². The fourth-order valence-electron chi connectivity index (χ4n) is 3.05. The molecule has 0 bridgehead atoms. The van der Waals surface area contributed by atoms with Crippen molar-refractivity contribution in [3.63, 3.8) is 0 Å². The van der Waals surface area contributed by atoms with Crippen molar-refractivity contribution in [2.45, 2.75) is 32.7 Å². The molecule has 2 N–H and O–H groups in total. The van der Waals surface area contributed by atoms with E-state index in [2.05, 4.69) is 49.1 Å². The smallest absolute Gasteiger partial charge is 0.132 e. The van der Waals surface area contributed by atoms with Crippen LogP contribution in [0.4, 0.5) is 5.82 Å². The van der Waals surface area contributed by atoms with Gasteiger partial charge in [-0.15, -0.1) is 0 Å². The van der Waals surface area contributed by atoms with Gasteiger partial charge in [-0.1, -0.05) is 25.1 Å². The van der Waals surface area contributed by atoms with Crippen molar-refractivity contribution in [2.24, 2.45) is 11.7 Å². The Kier molecular flexibility index (Phi) is 3.62. The van der Waals surface area contributed by atoms with E-state index in [9.17, 15) is 0 Å². The number of hydrogen-bond donors (Lipinski definition) is 1. The molecule has 2 unspecified atom stereocenters. The first-order chi connectivity index (χ1) is 9.63. The number of anilines is 1. The predicted octanol–water partition coefficient (Wildman–Crippen LogP) is 2.97. The van der Waals surface area contributed by atoms with Crippen molar-refractivity contribution in [2.75, 3.05) is 18.0 Å². The summed E-state index contributed by atoms with van der Waals surface area (Å²) in [7, 11) is 0. The average Bonchev–Trinajstić information content (AvgIpc) is 2.84. The summed E-state index contributed by atoms with van der Waals surface area (Å²) in [6.07, 6.45) is 2.14. The summed E-state index contributed by atoms with van der Waals surface area (Å²) in [5, 5.41) is 1.21. The Morgan fingerprint density at radius 2 is 2.20 bits per heavy atom. The van der Waals surface area contributed by atoms with E-state index < -0.39 is 0 Å². The van der Waals surface area contributed by atoms with E-state index >= 15 is 0 Å². The molecule has 2 aromatic rings. The number of pyridine rings is 1. The average molecular weight is 269 g/mol. The molecular formula is C17H23N3. The maximum Gasteiger partial charge on any atom is 0.132 e. The summed E-state index contributed by atoms with van der Waals surface area (Å²) in [5.74, 6) is 1.90. The third-order valence-corrected chi connectivity index (χ3v) is 4.05. The zero-order valence-electron chi connectivity index (χ0n) is 12.3. The minimum absolute atomic E-state index is 0.164. The van der Waals surface area contributed by atoms with Crippen molar-refractivity contribution >= 4 is 16.7 Å². The molecule has 0 amide bonds. The second-order valence-electron chi connectivity index (χ2n) is 6.19. The van der Waals surface area contributed by atoms with Gasteiger partial charge >= 0.3 is 0 Å². The molecule has 3 rings (SSSR count). The second-order valence-corrected chi connectivity index (χ2v) is 6.19. The van der Waals surface area contributed by atoms with Crippen LogP contribution in [-0.4, -0.2) is 24.1 Å². The van der Waals surface area contributed by atoms with Crippen LogP contribution in [0.1, 0.15) is 25.8 Å². The summed E-state index contributed by atoms with van der Waals surface area (Å²) < 4.78 is 0. The minimum atomic E-state index is 0.164. The molecule has 3 heteroatoms. The van der Waals surface area contributed by atoms with E-state index in [1.165, 1.54) is 17.4 Å². The Labute approximate surface area is 120 Å². The van der Waals surface area contributed by atoms with Crippen LogP contribution < -0.4 is 10.6 Å². The Hall–Kier alpha value is -1.61. The molecule has 0 saturated carbocycles. The lowest BCUT2D eigenvalue weighted by atomic mass is 10.1. The van der Waals surface area contributed by atoms with Crippen molar-refractivity contribution in [3.8, 4) is 0 Å². The van der Waals surface area contributed by atoms with Crippen LogP contribution in [0.25, 0.3) is 10.9 Å². The van der Waals surface area contributed by atoms with Gasteiger partial charge in [-0.25, -0.2) is 4.98 Å². The zero-order valence-corrected chi connectivity index (χ0v) is 12.3. The zero-order chi connectivity index (χ0) is 14.1. The highest BCUT2D eigenvalue weighted by molar-refractivity contribution is 5.82. The number of benzene rings is 1. The number of para-hydroxylation sites is 1. The van der Waals surface area contributed by atoms with Crippen LogP contribution in [0.15, 0.2) is 30.3 Å². The molecule has 2 heterocycles. The topological polar surface area (TPSA) is 42.1 Å². The Balaban J connectivity index is 2.06. The fourth-order valence-corrected chi connectivity index (χ4v) is 3.05. The van der Waals surface area contributed by atoms with E-state index in [4.69, 9.17) is 10.7 Å². The van der Waals surface area contributed by atoms with E-state index in [0.717, 1.165) is 36.8 Å². The van der Waals surface area contributed by atoms with Gasteiger partial charge in [-0.05, 0) is 43.4 Å². The first-order valence-corrected chi connectivity index (χ1v) is 7.52. The third-order valence-electron chi connectivity index (χ3n) is 4.05. The predicted molar refractivity (Wildman–Crippen MR) is 85.1 cm³/mol. The van der Waals surface area contributed by atoms with Gasteiger partial charge in [-0.3, -0.25) is 0 Å². The number of hydrogen-bond acceptors (Lipinski definition) is 3. The largest absolute Gasteiger partial charge is 0.356 e. The summed E-state index contributed by atoms with van der Waals surface area (Å²) >= 11 is 0. The maximum atomic E-state index is 6.02. The molecule has 1 aliphatic rings. The Morgan fingerprint density at radius 3 is 2.90 bits per heavy atom. The van der Waals surface area contributed by atoms with E-state index in [-0.39, 0.29) is 6.04 Å². The first-order valence-electron chi connectivity index (χ1n) is 7.52. The van der Waals surface area contributed by atoms with Crippen LogP contribution in [0.2, 0.25) is 0 Å². The summed E-state index contributed by atoms with van der Waals surface area (Å²) in [6.45, 7) is 6.59. The van der Waals surface area contributed by atoms with Crippen molar-refractivity contribution in [3.05, 3.63) is 35.9 Å². The lowest BCUT2D eigenvalue weighted by molar-refractivity contribution is 0.658. The number of nitrogens with two attached hydrogens (primary N) is 1. The monoisotopic (exact) mass is 269 g/mol. The molecule has 0 radical (unpaired) electrons. The van der Waals surface area contributed by atoms with Crippen LogP contribution in [0.3, 0.4) is 0 Å². The van der Waals surface area contributed by atoms with Crippen molar-refractivity contribution in [1.29, 1.82) is 0 Å². The van der Waals surface area contributed by atoms with Gasteiger partial charge in [0.05, 0.1) is 5.52 Å². The molecule has 1 saturated heterocycles. The molecule has 0 aliphatic carbocycles. The fraction of sp³-hybridized carbons (Fsp3) is 0.471. The number of fused-ring (bicyclic) bond motifs is 1. The number of rotatable bonds is 3. The Morgan fingerprint density at radius 1 is 1.40 bits per heavy atom. The third kappa shape index (κ3) is 2.63. The summed E-state index contributed by atoms with van der Waals surface area (Å²) in [6, 6.07) is 10.8. The lowest BCUT2D eigenvalue weighted by Gasteiger charge is -2.22. The van der Waals surface area contributed by atoms with Crippen LogP contribution in [-0.2, 0) is 6.42 Å². The van der Waals surface area contributed by atoms with Gasteiger partial charge in [0.25, 0.3) is 0 Å². The van der Waals surface area contributed by atoms with Gasteiger partial charge in [0.15, 0.2) is 0 Å². The first kappa shape index (κ1) is 13.4. The molecule has 0 spiro atoms. The lowest BCUT2D eigenvalue weighted by Crippen LogP contribution is -2.25. The van der Waals surface area contributed by atoms with Crippen molar-refractivity contribution < 1.29 is 0 Å². The quantitative estimate of drug-likeness (QED) is 0.931. The highest BCUT2D eigenvalue weighted by Crippen LogP contribution is 2.28. The van der Waals surface area contributed by atoms with Gasteiger partial charge in [0, 0.05) is 24.5 Å². The SMILES string of the molecule is CC(N)Cc1cc2ccccc2nc1N1CCC(C)C1. The van der Waals surface area contributed by atoms with E-state index in [1.807, 2.05) is 0 Å². The molecular weight excluding hydrogens is 246 g/mol. The highest BCUT2D eigenvalue weighted by Gasteiger charge is 2.22. The molecule has 20 heavy (non-hydrogen) atoms.